The number of hydrogen-bond acceptors (Lipinski definition) is 4. The van der Waals surface area contributed by atoms with Crippen molar-refractivity contribution in [3.8, 4) is 0 Å². The van der Waals surface area contributed by atoms with Gasteiger partial charge in [0.2, 0.25) is 5.91 Å². The van der Waals surface area contributed by atoms with Crippen molar-refractivity contribution in [2.24, 2.45) is 5.92 Å². The lowest BCUT2D eigenvalue weighted by atomic mass is 9.83. The maximum atomic E-state index is 12.2. The summed E-state index contributed by atoms with van der Waals surface area (Å²) in [6.07, 6.45) is 0.448. The molecule has 2 N–H and O–H groups in total. The van der Waals surface area contributed by atoms with Gasteiger partial charge in [-0.15, -0.1) is 0 Å². The standard InChI is InChI=1S/C16H21N3O4/c1-4-9-6-11(17-18(9)5-2)10-7-12-13(8(3)20)15(21)19(12)14(10)16(22)23/h6,8,12-13,20H,4-5,7H2,1-3H3,(H,22,23)/t8-,12?,13-/m1/s1. The summed E-state index contributed by atoms with van der Waals surface area (Å²) in [5.41, 5.74) is 2.25. The molecule has 1 unspecified atom stereocenters. The van der Waals surface area contributed by atoms with Crippen LogP contribution in [0.1, 0.15) is 38.6 Å². The van der Waals surface area contributed by atoms with Crippen LogP contribution in [0.4, 0.5) is 0 Å². The van der Waals surface area contributed by atoms with E-state index in [0.717, 1.165) is 12.1 Å². The highest BCUT2D eigenvalue weighted by Gasteiger charge is 2.57. The number of carbonyl (C=O) groups is 2. The number of aliphatic carboxylic acids is 1. The summed E-state index contributed by atoms with van der Waals surface area (Å²) in [5.74, 6) is -1.97. The van der Waals surface area contributed by atoms with Gasteiger partial charge in [0.15, 0.2) is 0 Å². The Balaban J connectivity index is 2.03. The van der Waals surface area contributed by atoms with Crippen LogP contribution in [0, 0.1) is 5.92 Å². The van der Waals surface area contributed by atoms with Crippen molar-refractivity contribution >= 4 is 17.4 Å². The number of β-lactam (4-membered cyclic amide) rings is 1. The highest BCUT2D eigenvalue weighted by Crippen LogP contribution is 2.46. The molecule has 1 fully saturated rings. The van der Waals surface area contributed by atoms with Crippen LogP contribution in [-0.2, 0) is 22.6 Å². The first kappa shape index (κ1) is 15.7. The van der Waals surface area contributed by atoms with Crippen molar-refractivity contribution < 1.29 is 19.8 Å². The summed E-state index contributed by atoms with van der Waals surface area (Å²) in [6, 6.07) is 1.62. The average molecular weight is 319 g/mol. The third-order valence-corrected chi connectivity index (χ3v) is 4.77. The van der Waals surface area contributed by atoms with Crippen molar-refractivity contribution in [1.29, 1.82) is 0 Å². The van der Waals surface area contributed by atoms with Crippen molar-refractivity contribution in [1.82, 2.24) is 14.7 Å². The van der Waals surface area contributed by atoms with Gasteiger partial charge in [0.05, 0.1) is 23.8 Å². The molecule has 124 valence electrons. The molecule has 0 spiro atoms. The lowest BCUT2D eigenvalue weighted by molar-refractivity contribution is -0.161. The van der Waals surface area contributed by atoms with E-state index in [4.69, 9.17) is 0 Å². The smallest absolute Gasteiger partial charge is 0.352 e. The van der Waals surface area contributed by atoms with Gasteiger partial charge in [-0.25, -0.2) is 4.79 Å². The van der Waals surface area contributed by atoms with Gasteiger partial charge >= 0.3 is 5.97 Å². The second-order valence-corrected chi connectivity index (χ2v) is 6.07. The predicted octanol–water partition coefficient (Wildman–Crippen LogP) is 0.873. The van der Waals surface area contributed by atoms with Crippen LogP contribution >= 0.6 is 0 Å². The van der Waals surface area contributed by atoms with E-state index in [9.17, 15) is 19.8 Å². The van der Waals surface area contributed by atoms with Gasteiger partial charge < -0.3 is 15.1 Å². The quantitative estimate of drug-likeness (QED) is 0.785. The summed E-state index contributed by atoms with van der Waals surface area (Å²) in [5, 5.41) is 23.8. The minimum absolute atomic E-state index is 0.0142. The fourth-order valence-corrected chi connectivity index (χ4v) is 3.66. The molecule has 3 rings (SSSR count). The van der Waals surface area contributed by atoms with Crippen LogP contribution in [0.5, 0.6) is 0 Å². The Morgan fingerprint density at radius 2 is 2.17 bits per heavy atom. The Bertz CT molecular complexity index is 683. The summed E-state index contributed by atoms with van der Waals surface area (Å²) in [6.45, 7) is 6.28. The third-order valence-electron chi connectivity index (χ3n) is 4.77. The first-order chi connectivity index (χ1) is 10.9. The SMILES string of the molecule is CCc1cc(C2=C(C(=O)O)N3C(=O)[C@H]([C@@H](C)O)C3C2)nn1CC. The first-order valence-electron chi connectivity index (χ1n) is 7.95. The van der Waals surface area contributed by atoms with Gasteiger partial charge in [0.1, 0.15) is 5.70 Å². The van der Waals surface area contributed by atoms with E-state index in [1.165, 1.54) is 4.90 Å². The van der Waals surface area contributed by atoms with Crippen molar-refractivity contribution in [2.45, 2.75) is 52.3 Å². The van der Waals surface area contributed by atoms with Crippen LogP contribution < -0.4 is 0 Å². The van der Waals surface area contributed by atoms with Gasteiger partial charge in [0.25, 0.3) is 0 Å². The molecule has 1 aromatic rings. The Labute approximate surface area is 134 Å². The normalized spacial score (nSPS) is 24.7. The number of amides is 1. The zero-order chi connectivity index (χ0) is 16.9. The molecule has 3 atom stereocenters. The first-order valence-corrected chi connectivity index (χ1v) is 7.95. The van der Waals surface area contributed by atoms with Crippen LogP contribution in [0.25, 0.3) is 5.57 Å². The van der Waals surface area contributed by atoms with E-state index < -0.39 is 18.0 Å². The topological polar surface area (TPSA) is 95.7 Å². The number of nitrogens with zero attached hydrogens (tertiary/aromatic N) is 3. The second kappa shape index (κ2) is 5.49. The van der Waals surface area contributed by atoms with Crippen molar-refractivity contribution in [3.05, 3.63) is 23.2 Å². The van der Waals surface area contributed by atoms with E-state index in [0.29, 0.717) is 24.2 Å². The van der Waals surface area contributed by atoms with E-state index in [2.05, 4.69) is 5.10 Å². The molecular formula is C16H21N3O4. The van der Waals surface area contributed by atoms with Gasteiger partial charge in [-0.1, -0.05) is 6.92 Å². The molecule has 0 saturated carbocycles. The summed E-state index contributed by atoms with van der Waals surface area (Å²) >= 11 is 0. The van der Waals surface area contributed by atoms with Gasteiger partial charge in [-0.05, 0) is 32.8 Å². The van der Waals surface area contributed by atoms with Crippen molar-refractivity contribution in [3.63, 3.8) is 0 Å². The zero-order valence-electron chi connectivity index (χ0n) is 13.5. The number of fused-ring (bicyclic) bond motifs is 1. The monoisotopic (exact) mass is 319 g/mol. The van der Waals surface area contributed by atoms with Gasteiger partial charge in [-0.3, -0.25) is 9.48 Å². The number of carboxylic acid groups (broad SMARTS) is 1. The fourth-order valence-electron chi connectivity index (χ4n) is 3.66. The molecule has 0 aromatic carbocycles. The molecule has 1 aromatic heterocycles. The highest BCUT2D eigenvalue weighted by molar-refractivity contribution is 6.05. The summed E-state index contributed by atoms with van der Waals surface area (Å²) in [4.78, 5) is 25.2. The predicted molar refractivity (Wildman–Crippen MR) is 82.3 cm³/mol. The van der Waals surface area contributed by atoms with Gasteiger partial charge in [0, 0.05) is 17.8 Å². The van der Waals surface area contributed by atoms with Crippen LogP contribution in [0.15, 0.2) is 11.8 Å². The molecular weight excluding hydrogens is 298 g/mol. The van der Waals surface area contributed by atoms with Gasteiger partial charge in [-0.2, -0.15) is 5.10 Å². The number of carbonyl (C=O) groups excluding carboxylic acids is 1. The molecule has 0 radical (unpaired) electrons. The Hall–Kier alpha value is -2.15. The Morgan fingerprint density at radius 1 is 1.48 bits per heavy atom. The Morgan fingerprint density at radius 3 is 2.65 bits per heavy atom. The molecule has 7 nitrogen and oxygen atoms in total. The number of aliphatic hydroxyl groups excluding tert-OH is 1. The van der Waals surface area contributed by atoms with E-state index in [1.54, 1.807) is 6.92 Å². The van der Waals surface area contributed by atoms with Crippen LogP contribution in [-0.4, -0.2) is 48.9 Å². The molecule has 0 bridgehead atoms. The molecule has 3 heterocycles. The Kier molecular flexibility index (Phi) is 3.75. The molecule has 0 aliphatic carbocycles. The summed E-state index contributed by atoms with van der Waals surface area (Å²) in [7, 11) is 0. The molecule has 2 aliphatic rings. The lowest BCUT2D eigenvalue weighted by Gasteiger charge is -2.44. The number of carboxylic acids is 1. The molecule has 7 heteroatoms. The van der Waals surface area contributed by atoms with E-state index in [-0.39, 0.29) is 17.6 Å². The fraction of sp³-hybridized carbons (Fsp3) is 0.562. The molecule has 23 heavy (non-hydrogen) atoms. The maximum absolute atomic E-state index is 12.2. The average Bonchev–Trinajstić information content (AvgIpc) is 3.04. The van der Waals surface area contributed by atoms with Crippen molar-refractivity contribution in [2.75, 3.05) is 0 Å². The second-order valence-electron chi connectivity index (χ2n) is 6.07. The third kappa shape index (κ3) is 2.18. The number of aryl methyl sites for hydroxylation is 2. The number of aliphatic hydroxyl groups is 1. The highest BCUT2D eigenvalue weighted by atomic mass is 16.4. The summed E-state index contributed by atoms with van der Waals surface area (Å²) < 4.78 is 1.85. The number of rotatable bonds is 5. The minimum Gasteiger partial charge on any atom is -0.477 e. The molecule has 2 aliphatic heterocycles. The molecule has 1 amide bonds. The number of hydrogen-bond donors (Lipinski definition) is 2. The largest absolute Gasteiger partial charge is 0.477 e. The van der Waals surface area contributed by atoms with Crippen LogP contribution in [0.3, 0.4) is 0 Å². The number of aromatic nitrogens is 2. The van der Waals surface area contributed by atoms with E-state index in [1.807, 2.05) is 24.6 Å². The van der Waals surface area contributed by atoms with E-state index >= 15 is 0 Å². The van der Waals surface area contributed by atoms with Crippen LogP contribution in [0.2, 0.25) is 0 Å². The lowest BCUT2D eigenvalue weighted by Crippen LogP contribution is -2.61. The zero-order valence-corrected chi connectivity index (χ0v) is 13.5. The minimum atomic E-state index is -1.12. The maximum Gasteiger partial charge on any atom is 0.352 e. The molecule has 1 saturated heterocycles.